The molecule has 0 amide bonds. The van der Waals surface area contributed by atoms with E-state index in [9.17, 15) is 4.79 Å². The number of carbonyl (C=O) groups is 1. The zero-order valence-electron chi connectivity index (χ0n) is 10.8. The number of benzene rings is 1. The predicted molar refractivity (Wildman–Crippen MR) is 68.8 cm³/mol. The van der Waals surface area contributed by atoms with Crippen molar-refractivity contribution in [1.82, 2.24) is 5.32 Å². The van der Waals surface area contributed by atoms with E-state index in [0.29, 0.717) is 18.5 Å². The molecule has 0 unspecified atom stereocenters. The topological polar surface area (TPSA) is 47.6 Å². The number of nitrogens with one attached hydrogen (secondary N) is 1. The summed E-state index contributed by atoms with van der Waals surface area (Å²) in [6.45, 7) is 0.291. The quantitative estimate of drug-likeness (QED) is 0.807. The molecule has 1 N–H and O–H groups in total. The zero-order chi connectivity index (χ0) is 13.0. The van der Waals surface area contributed by atoms with Crippen LogP contribution in [0.3, 0.4) is 0 Å². The van der Waals surface area contributed by atoms with Crippen LogP contribution in [-0.2, 0) is 9.53 Å². The molecule has 1 aliphatic rings. The average molecular weight is 249 g/mol. The number of methoxy groups -OCH3 is 2. The Morgan fingerprint density at radius 1 is 1.33 bits per heavy atom. The molecule has 1 saturated carbocycles. The first-order valence-electron chi connectivity index (χ1n) is 6.17. The van der Waals surface area contributed by atoms with Gasteiger partial charge in [-0.05, 0) is 30.4 Å². The van der Waals surface area contributed by atoms with Crippen molar-refractivity contribution in [3.63, 3.8) is 0 Å². The highest BCUT2D eigenvalue weighted by atomic mass is 16.5. The molecule has 0 bridgehead atoms. The van der Waals surface area contributed by atoms with Gasteiger partial charge in [-0.15, -0.1) is 0 Å². The van der Waals surface area contributed by atoms with Gasteiger partial charge in [0.25, 0.3) is 0 Å². The third-order valence-corrected chi connectivity index (χ3v) is 3.48. The summed E-state index contributed by atoms with van der Waals surface area (Å²) < 4.78 is 9.95. The van der Waals surface area contributed by atoms with Crippen LogP contribution >= 0.6 is 0 Å². The minimum atomic E-state index is -0.212. The molecule has 1 aromatic rings. The lowest BCUT2D eigenvalue weighted by Crippen LogP contribution is -2.42. The SMILES string of the molecule is COC(=O)CNC1CC(c2ccccc2OC)C1. The van der Waals surface area contributed by atoms with Crippen molar-refractivity contribution in [1.29, 1.82) is 0 Å². The van der Waals surface area contributed by atoms with E-state index >= 15 is 0 Å². The van der Waals surface area contributed by atoms with E-state index < -0.39 is 0 Å². The zero-order valence-corrected chi connectivity index (χ0v) is 10.8. The first-order chi connectivity index (χ1) is 8.74. The Bertz CT molecular complexity index is 413. The van der Waals surface area contributed by atoms with Crippen LogP contribution in [0.25, 0.3) is 0 Å². The molecule has 0 saturated heterocycles. The summed E-state index contributed by atoms with van der Waals surface area (Å²) in [6.07, 6.45) is 2.08. The average Bonchev–Trinajstić information content (AvgIpc) is 2.37. The number of rotatable bonds is 5. The van der Waals surface area contributed by atoms with E-state index in [4.69, 9.17) is 4.74 Å². The Hall–Kier alpha value is -1.55. The van der Waals surface area contributed by atoms with Gasteiger partial charge in [-0.1, -0.05) is 18.2 Å². The Kier molecular flexibility index (Phi) is 4.20. The Morgan fingerprint density at radius 2 is 2.06 bits per heavy atom. The van der Waals surface area contributed by atoms with Crippen LogP contribution in [0, 0.1) is 0 Å². The number of hydrogen-bond donors (Lipinski definition) is 1. The van der Waals surface area contributed by atoms with Gasteiger partial charge in [0.2, 0.25) is 0 Å². The molecule has 1 aliphatic carbocycles. The smallest absolute Gasteiger partial charge is 0.319 e. The molecule has 0 radical (unpaired) electrons. The maximum absolute atomic E-state index is 11.0. The minimum absolute atomic E-state index is 0.212. The van der Waals surface area contributed by atoms with Crippen LogP contribution in [0.15, 0.2) is 24.3 Å². The van der Waals surface area contributed by atoms with Crippen molar-refractivity contribution in [2.24, 2.45) is 0 Å². The highest BCUT2D eigenvalue weighted by Gasteiger charge is 2.31. The van der Waals surface area contributed by atoms with E-state index in [0.717, 1.165) is 18.6 Å². The van der Waals surface area contributed by atoms with Crippen molar-refractivity contribution >= 4 is 5.97 Å². The van der Waals surface area contributed by atoms with Gasteiger partial charge < -0.3 is 14.8 Å². The Labute approximate surface area is 107 Å². The molecule has 1 fully saturated rings. The van der Waals surface area contributed by atoms with E-state index in [1.54, 1.807) is 7.11 Å². The lowest BCUT2D eigenvalue weighted by Gasteiger charge is -2.36. The summed E-state index contributed by atoms with van der Waals surface area (Å²) in [4.78, 5) is 11.0. The Balaban J connectivity index is 1.83. The van der Waals surface area contributed by atoms with Crippen LogP contribution in [0.2, 0.25) is 0 Å². The van der Waals surface area contributed by atoms with Gasteiger partial charge >= 0.3 is 5.97 Å². The lowest BCUT2D eigenvalue weighted by molar-refractivity contribution is -0.139. The molecule has 0 atom stereocenters. The normalized spacial score (nSPS) is 22.1. The second kappa shape index (κ2) is 5.87. The van der Waals surface area contributed by atoms with Gasteiger partial charge in [0.1, 0.15) is 5.75 Å². The fraction of sp³-hybridized carbons (Fsp3) is 0.500. The van der Waals surface area contributed by atoms with Crippen LogP contribution in [0.1, 0.15) is 24.3 Å². The molecular weight excluding hydrogens is 230 g/mol. The van der Waals surface area contributed by atoms with Crippen molar-refractivity contribution in [2.75, 3.05) is 20.8 Å². The summed E-state index contributed by atoms with van der Waals surface area (Å²) in [6, 6.07) is 8.52. The van der Waals surface area contributed by atoms with Gasteiger partial charge in [0.05, 0.1) is 20.8 Å². The van der Waals surface area contributed by atoms with E-state index in [1.807, 2.05) is 18.2 Å². The van der Waals surface area contributed by atoms with Gasteiger partial charge in [0, 0.05) is 6.04 Å². The number of carbonyl (C=O) groups excluding carboxylic acids is 1. The molecule has 18 heavy (non-hydrogen) atoms. The van der Waals surface area contributed by atoms with Gasteiger partial charge in [-0.25, -0.2) is 0 Å². The summed E-state index contributed by atoms with van der Waals surface area (Å²) in [7, 11) is 3.10. The fourth-order valence-electron chi connectivity index (χ4n) is 2.34. The van der Waals surface area contributed by atoms with Crippen molar-refractivity contribution in [3.05, 3.63) is 29.8 Å². The van der Waals surface area contributed by atoms with Crippen molar-refractivity contribution < 1.29 is 14.3 Å². The fourth-order valence-corrected chi connectivity index (χ4v) is 2.34. The second-order valence-electron chi connectivity index (χ2n) is 4.56. The van der Waals surface area contributed by atoms with Crippen LogP contribution < -0.4 is 10.1 Å². The second-order valence-corrected chi connectivity index (χ2v) is 4.56. The lowest BCUT2D eigenvalue weighted by atomic mass is 9.75. The van der Waals surface area contributed by atoms with Gasteiger partial charge in [-0.3, -0.25) is 4.79 Å². The maximum atomic E-state index is 11.0. The summed E-state index contributed by atoms with van der Waals surface area (Å²) in [5.74, 6) is 1.26. The first-order valence-corrected chi connectivity index (χ1v) is 6.17. The summed E-state index contributed by atoms with van der Waals surface area (Å²) in [5.41, 5.74) is 1.26. The minimum Gasteiger partial charge on any atom is -0.496 e. The number of para-hydroxylation sites is 1. The first kappa shape index (κ1) is 12.9. The van der Waals surface area contributed by atoms with Crippen molar-refractivity contribution in [2.45, 2.75) is 24.8 Å². The van der Waals surface area contributed by atoms with E-state index in [-0.39, 0.29) is 5.97 Å². The molecule has 4 nitrogen and oxygen atoms in total. The van der Waals surface area contributed by atoms with Gasteiger partial charge in [-0.2, -0.15) is 0 Å². The predicted octanol–water partition coefficient (Wildman–Crippen LogP) is 1.70. The molecule has 98 valence electrons. The standard InChI is InChI=1S/C14H19NO3/c1-17-13-6-4-3-5-12(13)10-7-11(8-10)15-9-14(16)18-2/h3-6,10-11,15H,7-9H2,1-2H3. The molecule has 0 spiro atoms. The van der Waals surface area contributed by atoms with Crippen molar-refractivity contribution in [3.8, 4) is 5.75 Å². The van der Waals surface area contributed by atoms with Crippen LogP contribution in [0.5, 0.6) is 5.75 Å². The van der Waals surface area contributed by atoms with E-state index in [2.05, 4.69) is 16.1 Å². The summed E-state index contributed by atoms with van der Waals surface area (Å²) in [5, 5.41) is 3.19. The number of esters is 1. The largest absolute Gasteiger partial charge is 0.496 e. The molecular formula is C14H19NO3. The highest BCUT2D eigenvalue weighted by Crippen LogP contribution is 2.40. The molecule has 0 aliphatic heterocycles. The van der Waals surface area contributed by atoms with Crippen LogP contribution in [0.4, 0.5) is 0 Å². The Morgan fingerprint density at radius 3 is 2.72 bits per heavy atom. The summed E-state index contributed by atoms with van der Waals surface area (Å²) >= 11 is 0. The molecule has 0 aromatic heterocycles. The maximum Gasteiger partial charge on any atom is 0.319 e. The molecule has 0 heterocycles. The molecule has 1 aromatic carbocycles. The number of hydrogen-bond acceptors (Lipinski definition) is 4. The monoisotopic (exact) mass is 249 g/mol. The molecule has 4 heteroatoms. The third-order valence-electron chi connectivity index (χ3n) is 3.48. The molecule has 2 rings (SSSR count). The van der Waals surface area contributed by atoms with E-state index in [1.165, 1.54) is 12.7 Å². The highest BCUT2D eigenvalue weighted by molar-refractivity contribution is 5.71. The number of ether oxygens (including phenoxy) is 2. The van der Waals surface area contributed by atoms with Crippen LogP contribution in [-0.4, -0.2) is 32.8 Å². The third kappa shape index (κ3) is 2.82. The van der Waals surface area contributed by atoms with Gasteiger partial charge in [0.15, 0.2) is 0 Å².